The quantitative estimate of drug-likeness (QED) is 0.141. The van der Waals surface area contributed by atoms with Crippen molar-refractivity contribution in [3.05, 3.63) is 99.9 Å². The minimum absolute atomic E-state index is 0.135. The fourth-order valence-corrected chi connectivity index (χ4v) is 3.36. The zero-order valence-electron chi connectivity index (χ0n) is 17.1. The number of anilines is 3. The number of non-ortho nitro benzene ring substituents is 1. The van der Waals surface area contributed by atoms with Gasteiger partial charge in [-0.25, -0.2) is 0 Å². The molecule has 16 nitrogen and oxygen atoms in total. The number of hydrogen-bond donors (Lipinski definition) is 4. The standard InChI is InChI=1S/C18H13N7O9S/c19-11-7-9(1-5-14(11)25(30)31)20-23-17-15(26)6-4-13(18(17)27)22-21-12-3-2-10(24(28)29)8-16(12)35(32,33)34/h1-8,20-21H,19H2,(H,32,33,34). The smallest absolute Gasteiger partial charge is 0.296 e. The number of nitrogens with zero attached hydrogens (tertiary/aromatic N) is 4. The van der Waals surface area contributed by atoms with Crippen LogP contribution in [-0.2, 0) is 10.1 Å². The maximum absolute atomic E-state index is 12.6. The first-order chi connectivity index (χ1) is 16.4. The van der Waals surface area contributed by atoms with E-state index in [2.05, 4.69) is 21.1 Å². The van der Waals surface area contributed by atoms with Gasteiger partial charge in [-0.3, -0.25) is 45.2 Å². The lowest BCUT2D eigenvalue weighted by Crippen LogP contribution is -2.48. The van der Waals surface area contributed by atoms with Gasteiger partial charge in [0.25, 0.3) is 21.5 Å². The highest BCUT2D eigenvalue weighted by Gasteiger charge is 2.20. The van der Waals surface area contributed by atoms with Crippen molar-refractivity contribution in [3.63, 3.8) is 0 Å². The third kappa shape index (κ3) is 5.49. The molecule has 0 fully saturated rings. The SMILES string of the molecule is Nc1cc(NN=c2c(=O)ccc(=NNc3ccc([N+](=O)[O-])cc3S(=O)(=O)O)c2=O)ccc1[N+](=O)[O-]. The monoisotopic (exact) mass is 503 g/mol. The predicted molar refractivity (Wildman–Crippen MR) is 120 cm³/mol. The molecule has 0 radical (unpaired) electrons. The Morgan fingerprint density at radius 1 is 0.914 bits per heavy atom. The largest absolute Gasteiger partial charge is 0.393 e. The van der Waals surface area contributed by atoms with E-state index in [1.807, 2.05) is 0 Å². The normalized spacial score (nSPS) is 12.4. The van der Waals surface area contributed by atoms with Crippen molar-refractivity contribution in [3.8, 4) is 0 Å². The van der Waals surface area contributed by atoms with Gasteiger partial charge in [-0.05, 0) is 30.3 Å². The van der Waals surface area contributed by atoms with Crippen LogP contribution >= 0.6 is 0 Å². The van der Waals surface area contributed by atoms with E-state index in [1.54, 1.807) is 0 Å². The minimum Gasteiger partial charge on any atom is -0.393 e. The number of nitrogens with one attached hydrogen (secondary N) is 2. The van der Waals surface area contributed by atoms with Crippen LogP contribution in [0.3, 0.4) is 0 Å². The van der Waals surface area contributed by atoms with E-state index in [0.29, 0.717) is 6.07 Å². The summed E-state index contributed by atoms with van der Waals surface area (Å²) < 4.78 is 32.5. The van der Waals surface area contributed by atoms with Gasteiger partial charge in [0.2, 0.25) is 10.9 Å². The van der Waals surface area contributed by atoms with Crippen LogP contribution in [0, 0.1) is 20.2 Å². The molecule has 3 aromatic carbocycles. The highest BCUT2D eigenvalue weighted by molar-refractivity contribution is 7.86. The van der Waals surface area contributed by atoms with Gasteiger partial charge in [-0.2, -0.15) is 18.6 Å². The van der Waals surface area contributed by atoms with Crippen molar-refractivity contribution in [1.82, 2.24) is 0 Å². The van der Waals surface area contributed by atoms with Crippen molar-refractivity contribution in [2.45, 2.75) is 4.90 Å². The van der Waals surface area contributed by atoms with Gasteiger partial charge in [-0.1, -0.05) is 0 Å². The molecule has 0 spiro atoms. The molecule has 0 amide bonds. The summed E-state index contributed by atoms with van der Waals surface area (Å²) in [6, 6.07) is 7.94. The van der Waals surface area contributed by atoms with Gasteiger partial charge < -0.3 is 5.73 Å². The van der Waals surface area contributed by atoms with Crippen LogP contribution in [0.25, 0.3) is 0 Å². The van der Waals surface area contributed by atoms with E-state index in [9.17, 15) is 42.8 Å². The summed E-state index contributed by atoms with van der Waals surface area (Å²) >= 11 is 0. The van der Waals surface area contributed by atoms with Crippen molar-refractivity contribution in [1.29, 1.82) is 0 Å². The van der Waals surface area contributed by atoms with Crippen LogP contribution in [0.5, 0.6) is 0 Å². The summed E-state index contributed by atoms with van der Waals surface area (Å²) in [6.45, 7) is 0. The highest BCUT2D eigenvalue weighted by atomic mass is 32.2. The first-order valence-electron chi connectivity index (χ1n) is 9.13. The minimum atomic E-state index is -4.91. The molecule has 35 heavy (non-hydrogen) atoms. The molecule has 180 valence electrons. The lowest BCUT2D eigenvalue weighted by atomic mass is 10.2. The van der Waals surface area contributed by atoms with Gasteiger partial charge >= 0.3 is 0 Å². The Hall–Kier alpha value is -5.03. The molecule has 5 N–H and O–H groups in total. The second kappa shape index (κ2) is 9.45. The topological polar surface area (TPSA) is 250 Å². The summed E-state index contributed by atoms with van der Waals surface area (Å²) in [5, 5.41) is 28.1. The Balaban J connectivity index is 2.01. The summed E-state index contributed by atoms with van der Waals surface area (Å²) in [4.78, 5) is 44.0. The number of nitrogen functional groups attached to an aromatic ring is 1. The molecule has 0 aliphatic rings. The highest BCUT2D eigenvalue weighted by Crippen LogP contribution is 2.26. The summed E-state index contributed by atoms with van der Waals surface area (Å²) in [6.07, 6.45) is 0. The molecule has 17 heteroatoms. The first kappa shape index (κ1) is 24.6. The van der Waals surface area contributed by atoms with Crippen LogP contribution in [0.2, 0.25) is 0 Å². The predicted octanol–water partition coefficient (Wildman–Crippen LogP) is -0.216. The second-order valence-electron chi connectivity index (χ2n) is 6.65. The van der Waals surface area contributed by atoms with Crippen molar-refractivity contribution < 1.29 is 22.8 Å². The van der Waals surface area contributed by atoms with E-state index in [1.165, 1.54) is 6.07 Å². The Labute approximate surface area is 193 Å². The number of benzene rings is 3. The molecule has 0 atom stereocenters. The number of rotatable bonds is 7. The van der Waals surface area contributed by atoms with E-state index in [0.717, 1.165) is 36.4 Å². The van der Waals surface area contributed by atoms with Gasteiger partial charge in [-0.15, -0.1) is 0 Å². The molecule has 0 aliphatic carbocycles. The van der Waals surface area contributed by atoms with E-state index in [4.69, 9.17) is 5.73 Å². The fourth-order valence-electron chi connectivity index (χ4n) is 2.70. The molecule has 0 saturated carbocycles. The first-order valence-corrected chi connectivity index (χ1v) is 10.6. The van der Waals surface area contributed by atoms with Crippen LogP contribution < -0.4 is 38.2 Å². The number of nitro groups is 2. The second-order valence-corrected chi connectivity index (χ2v) is 8.04. The van der Waals surface area contributed by atoms with E-state index in [-0.39, 0.29) is 22.7 Å². The van der Waals surface area contributed by atoms with E-state index < -0.39 is 52.1 Å². The number of nitrogens with two attached hydrogens (primary N) is 1. The third-order valence-electron chi connectivity index (χ3n) is 4.35. The van der Waals surface area contributed by atoms with E-state index >= 15 is 0 Å². The summed E-state index contributed by atoms with van der Waals surface area (Å²) in [5.74, 6) is 0. The Morgan fingerprint density at radius 2 is 1.63 bits per heavy atom. The average molecular weight is 503 g/mol. The Morgan fingerprint density at radius 3 is 2.23 bits per heavy atom. The van der Waals surface area contributed by atoms with Crippen LogP contribution in [0.4, 0.5) is 28.4 Å². The molecule has 3 aromatic rings. The number of hydrogen-bond acceptors (Lipinski definition) is 13. The molecular weight excluding hydrogens is 490 g/mol. The van der Waals surface area contributed by atoms with Crippen LogP contribution in [-0.4, -0.2) is 22.8 Å². The maximum Gasteiger partial charge on any atom is 0.296 e. The Kier molecular flexibility index (Phi) is 6.65. The van der Waals surface area contributed by atoms with Gasteiger partial charge in [0.05, 0.1) is 21.2 Å². The zero-order chi connectivity index (χ0) is 25.9. The van der Waals surface area contributed by atoms with Crippen molar-refractivity contribution in [2.24, 2.45) is 10.2 Å². The van der Waals surface area contributed by atoms with Crippen molar-refractivity contribution in [2.75, 3.05) is 16.6 Å². The molecule has 3 rings (SSSR count). The van der Waals surface area contributed by atoms with Crippen LogP contribution in [0.15, 0.2) is 73.2 Å². The fraction of sp³-hybridized carbons (Fsp3) is 0. The summed E-state index contributed by atoms with van der Waals surface area (Å²) in [7, 11) is -4.91. The molecule has 0 unspecified atom stereocenters. The third-order valence-corrected chi connectivity index (χ3v) is 5.24. The average Bonchev–Trinajstić information content (AvgIpc) is 2.77. The lowest BCUT2D eigenvalue weighted by molar-refractivity contribution is -0.385. The molecule has 0 aromatic heterocycles. The van der Waals surface area contributed by atoms with Gasteiger partial charge in [0.1, 0.15) is 15.9 Å². The Bertz CT molecular complexity index is 1690. The van der Waals surface area contributed by atoms with Crippen LogP contribution in [0.1, 0.15) is 0 Å². The van der Waals surface area contributed by atoms with Gasteiger partial charge in [0, 0.05) is 18.2 Å². The molecule has 0 bridgehead atoms. The summed E-state index contributed by atoms with van der Waals surface area (Å²) in [5.41, 5.74) is 6.95. The molecule has 0 heterocycles. The molecule has 0 saturated heterocycles. The molecular formula is C18H13N7O9S. The maximum atomic E-state index is 12.6. The lowest BCUT2D eigenvalue weighted by Gasteiger charge is -2.05. The molecule has 0 aliphatic heterocycles. The van der Waals surface area contributed by atoms with Gasteiger partial charge in [0.15, 0.2) is 5.36 Å². The van der Waals surface area contributed by atoms with Crippen molar-refractivity contribution >= 4 is 38.6 Å². The zero-order valence-corrected chi connectivity index (χ0v) is 17.9. The number of nitro benzene ring substituents is 2.